The van der Waals surface area contributed by atoms with E-state index in [1.54, 1.807) is 11.3 Å². The van der Waals surface area contributed by atoms with Crippen molar-refractivity contribution in [2.75, 3.05) is 12.4 Å². The zero-order valence-electron chi connectivity index (χ0n) is 16.6. The fraction of sp³-hybridized carbons (Fsp3) is 0.700. The van der Waals surface area contributed by atoms with Gasteiger partial charge in [-0.25, -0.2) is 4.79 Å². The second-order valence-electron chi connectivity index (χ2n) is 7.79. The summed E-state index contributed by atoms with van der Waals surface area (Å²) in [4.78, 5) is 13.1. The minimum Gasteiger partial charge on any atom is -0.465 e. The predicted molar refractivity (Wildman–Crippen MR) is 114 cm³/mol. The van der Waals surface area contributed by atoms with Crippen molar-refractivity contribution in [3.63, 3.8) is 0 Å². The van der Waals surface area contributed by atoms with Gasteiger partial charge >= 0.3 is 5.97 Å². The molecule has 4 nitrogen and oxygen atoms in total. The summed E-state index contributed by atoms with van der Waals surface area (Å²) < 4.78 is 4.88. The summed E-state index contributed by atoms with van der Waals surface area (Å²) in [7, 11) is 1.40. The average Bonchev–Trinajstić information content (AvgIpc) is 3.04. The zero-order chi connectivity index (χ0) is 19.3. The van der Waals surface area contributed by atoms with Crippen LogP contribution in [-0.4, -0.2) is 24.2 Å². The Bertz CT molecular complexity index is 632. The molecule has 146 valence electrons. The van der Waals surface area contributed by atoms with Crippen molar-refractivity contribution in [1.82, 2.24) is 5.32 Å². The molecule has 0 aromatic carbocycles. The molecule has 0 unspecified atom stereocenters. The number of nitrogens with one attached hydrogen (secondary N) is 2. The van der Waals surface area contributed by atoms with Crippen molar-refractivity contribution >= 4 is 39.6 Å². The number of aryl methyl sites for hydroxylation is 1. The van der Waals surface area contributed by atoms with Crippen LogP contribution in [0.4, 0.5) is 5.00 Å². The van der Waals surface area contributed by atoms with E-state index in [2.05, 4.69) is 38.3 Å². The lowest BCUT2D eigenvalue weighted by Gasteiger charge is -2.39. The van der Waals surface area contributed by atoms with Gasteiger partial charge in [-0.2, -0.15) is 0 Å². The van der Waals surface area contributed by atoms with Gasteiger partial charge in [0.2, 0.25) is 0 Å². The summed E-state index contributed by atoms with van der Waals surface area (Å²) >= 11 is 7.06. The fourth-order valence-electron chi connectivity index (χ4n) is 3.60. The third-order valence-electron chi connectivity index (χ3n) is 5.84. The number of ether oxygens (including phenoxy) is 1. The maximum atomic E-state index is 12.0. The molecular weight excluding hydrogens is 364 g/mol. The first-order chi connectivity index (χ1) is 12.3. The van der Waals surface area contributed by atoms with E-state index >= 15 is 0 Å². The van der Waals surface area contributed by atoms with Gasteiger partial charge in [0.25, 0.3) is 0 Å². The van der Waals surface area contributed by atoms with Gasteiger partial charge in [-0.1, -0.05) is 34.1 Å². The Labute approximate surface area is 167 Å². The van der Waals surface area contributed by atoms with Gasteiger partial charge in [0.15, 0.2) is 5.11 Å². The van der Waals surface area contributed by atoms with Gasteiger partial charge in [0, 0.05) is 10.9 Å². The molecule has 1 heterocycles. The molecule has 0 spiro atoms. The Morgan fingerprint density at radius 3 is 2.50 bits per heavy atom. The number of rotatable bonds is 6. The molecule has 1 saturated carbocycles. The Hall–Kier alpha value is -1.14. The van der Waals surface area contributed by atoms with Crippen LogP contribution in [0.3, 0.4) is 0 Å². The predicted octanol–water partition coefficient (Wildman–Crippen LogP) is 5.38. The van der Waals surface area contributed by atoms with Gasteiger partial charge in [0.1, 0.15) is 5.00 Å². The lowest BCUT2D eigenvalue weighted by atomic mass is 9.69. The molecule has 1 aliphatic carbocycles. The first-order valence-corrected chi connectivity index (χ1v) is 10.8. The molecule has 0 bridgehead atoms. The molecule has 1 aromatic rings. The molecule has 0 saturated heterocycles. The van der Waals surface area contributed by atoms with E-state index in [0.29, 0.717) is 22.1 Å². The topological polar surface area (TPSA) is 50.4 Å². The van der Waals surface area contributed by atoms with Crippen molar-refractivity contribution in [3.8, 4) is 0 Å². The molecule has 2 rings (SSSR count). The monoisotopic (exact) mass is 396 g/mol. The van der Waals surface area contributed by atoms with Crippen LogP contribution in [0.2, 0.25) is 0 Å². The highest BCUT2D eigenvalue weighted by Crippen LogP contribution is 2.40. The molecule has 1 fully saturated rings. The minimum atomic E-state index is -0.325. The summed E-state index contributed by atoms with van der Waals surface area (Å²) in [6, 6.07) is 2.30. The van der Waals surface area contributed by atoms with Crippen LogP contribution in [0.25, 0.3) is 0 Å². The van der Waals surface area contributed by atoms with Gasteiger partial charge in [-0.3, -0.25) is 0 Å². The molecule has 0 atom stereocenters. The van der Waals surface area contributed by atoms with Gasteiger partial charge in [-0.05, 0) is 61.7 Å². The van der Waals surface area contributed by atoms with Crippen LogP contribution in [0.15, 0.2) is 6.07 Å². The summed E-state index contributed by atoms with van der Waals surface area (Å²) in [5, 5.41) is 8.03. The quantitative estimate of drug-likeness (QED) is 0.499. The number of hydrogen-bond donors (Lipinski definition) is 2. The molecule has 0 amide bonds. The second kappa shape index (κ2) is 9.18. The van der Waals surface area contributed by atoms with E-state index in [0.717, 1.165) is 35.1 Å². The van der Waals surface area contributed by atoms with E-state index in [-0.39, 0.29) is 5.97 Å². The number of esters is 1. The minimum absolute atomic E-state index is 0.325. The van der Waals surface area contributed by atoms with Crippen molar-refractivity contribution in [1.29, 1.82) is 0 Å². The van der Waals surface area contributed by atoms with Crippen LogP contribution in [0, 0.1) is 11.3 Å². The van der Waals surface area contributed by atoms with E-state index < -0.39 is 0 Å². The molecule has 2 N–H and O–H groups in total. The van der Waals surface area contributed by atoms with Crippen molar-refractivity contribution in [2.24, 2.45) is 11.3 Å². The first kappa shape index (κ1) is 21.2. The molecular formula is C20H32N2O2S2. The van der Waals surface area contributed by atoms with Crippen molar-refractivity contribution < 1.29 is 9.53 Å². The van der Waals surface area contributed by atoms with Crippen LogP contribution in [-0.2, 0) is 11.2 Å². The average molecular weight is 397 g/mol. The third-order valence-corrected chi connectivity index (χ3v) is 7.26. The van der Waals surface area contributed by atoms with Crippen molar-refractivity contribution in [3.05, 3.63) is 16.5 Å². The molecule has 0 aliphatic heterocycles. The number of carbonyl (C=O) groups is 1. The Morgan fingerprint density at radius 2 is 1.96 bits per heavy atom. The Kier molecular flexibility index (Phi) is 7.47. The van der Waals surface area contributed by atoms with Gasteiger partial charge < -0.3 is 15.4 Å². The fourth-order valence-corrected chi connectivity index (χ4v) is 4.93. The highest BCUT2D eigenvalue weighted by atomic mass is 32.1. The normalized spacial score (nSPS) is 20.5. The second-order valence-corrected chi connectivity index (χ2v) is 9.33. The SMILES string of the molecule is CCc1cc(C(=O)OC)c(NC(=S)NC2CCC(C(C)(C)CC)CC2)s1. The number of anilines is 1. The maximum Gasteiger partial charge on any atom is 0.340 e. The Balaban J connectivity index is 1.92. The highest BCUT2D eigenvalue weighted by Gasteiger charge is 2.32. The van der Waals surface area contributed by atoms with Gasteiger partial charge in [0.05, 0.1) is 12.7 Å². The smallest absolute Gasteiger partial charge is 0.340 e. The third kappa shape index (κ3) is 5.19. The number of methoxy groups -OCH3 is 1. The molecule has 6 heteroatoms. The number of carbonyl (C=O) groups excluding carboxylic acids is 1. The summed E-state index contributed by atoms with van der Waals surface area (Å²) in [6.07, 6.45) is 6.88. The van der Waals surface area contributed by atoms with E-state index in [9.17, 15) is 4.79 Å². The molecule has 1 aromatic heterocycles. The lowest BCUT2D eigenvalue weighted by molar-refractivity contribution is 0.0602. The van der Waals surface area contributed by atoms with E-state index in [1.807, 2.05) is 6.07 Å². The molecule has 0 radical (unpaired) electrons. The van der Waals surface area contributed by atoms with Crippen LogP contribution < -0.4 is 10.6 Å². The number of thiocarbonyl (C=S) groups is 1. The van der Waals surface area contributed by atoms with Crippen LogP contribution in [0.5, 0.6) is 0 Å². The standard InChI is InChI=1S/C20H32N2O2S2/c1-6-15-12-16(18(23)24-5)17(26-15)22-19(25)21-14-10-8-13(9-11-14)20(3,4)7-2/h12-14H,6-11H2,1-5H3,(H2,21,22,25). The lowest BCUT2D eigenvalue weighted by Crippen LogP contribution is -2.41. The van der Waals surface area contributed by atoms with E-state index in [1.165, 1.54) is 26.4 Å². The molecule has 1 aliphatic rings. The van der Waals surface area contributed by atoms with Gasteiger partial charge in [-0.15, -0.1) is 11.3 Å². The summed E-state index contributed by atoms with van der Waals surface area (Å²) in [5.74, 6) is 0.468. The largest absolute Gasteiger partial charge is 0.465 e. The number of thiophene rings is 1. The maximum absolute atomic E-state index is 12.0. The van der Waals surface area contributed by atoms with Crippen LogP contribution in [0.1, 0.15) is 75.0 Å². The summed E-state index contributed by atoms with van der Waals surface area (Å²) in [6.45, 7) is 9.12. The molecule has 26 heavy (non-hydrogen) atoms. The van der Waals surface area contributed by atoms with E-state index in [4.69, 9.17) is 17.0 Å². The zero-order valence-corrected chi connectivity index (χ0v) is 18.2. The van der Waals surface area contributed by atoms with Crippen LogP contribution >= 0.6 is 23.6 Å². The van der Waals surface area contributed by atoms with Crippen molar-refractivity contribution in [2.45, 2.75) is 72.3 Å². The number of hydrogen-bond acceptors (Lipinski definition) is 4. The first-order valence-electron chi connectivity index (χ1n) is 9.59. The summed E-state index contributed by atoms with van der Waals surface area (Å²) in [5.41, 5.74) is 0.985. The Morgan fingerprint density at radius 1 is 1.31 bits per heavy atom. The highest BCUT2D eigenvalue weighted by molar-refractivity contribution is 7.80.